The average Bonchev–Trinajstić information content (AvgIpc) is 3.23. The highest BCUT2D eigenvalue weighted by Gasteiger charge is 2.37. The SMILES string of the molecule is CC1=C(C(=O)O)C(c2cccc(Cl)c2)N(CCCNCC(=O)C2=C3C=COC=C3CC2)C(=O)N1. The van der Waals surface area contributed by atoms with Gasteiger partial charge < -0.3 is 25.4 Å². The molecule has 34 heavy (non-hydrogen) atoms. The molecule has 0 fully saturated rings. The molecule has 0 bridgehead atoms. The predicted octanol–water partition coefficient (Wildman–Crippen LogP) is 3.83. The third kappa shape index (κ3) is 4.93. The minimum Gasteiger partial charge on any atom is -0.478 e. The van der Waals surface area contributed by atoms with Gasteiger partial charge in [0.25, 0.3) is 0 Å². The first kappa shape index (κ1) is 23.8. The fourth-order valence-corrected chi connectivity index (χ4v) is 4.76. The Morgan fingerprint density at radius 2 is 2.15 bits per heavy atom. The molecule has 178 valence electrons. The number of ketones is 1. The van der Waals surface area contributed by atoms with Gasteiger partial charge >= 0.3 is 12.0 Å². The van der Waals surface area contributed by atoms with Crippen LogP contribution in [0.4, 0.5) is 4.79 Å². The number of carbonyl (C=O) groups excluding carboxylic acids is 2. The fraction of sp³-hybridized carbons (Fsp3) is 0.320. The summed E-state index contributed by atoms with van der Waals surface area (Å²) >= 11 is 6.14. The van der Waals surface area contributed by atoms with Gasteiger partial charge in [-0.05, 0) is 67.6 Å². The number of amides is 2. The van der Waals surface area contributed by atoms with E-state index in [1.165, 1.54) is 4.90 Å². The van der Waals surface area contributed by atoms with Crippen LogP contribution in [-0.2, 0) is 14.3 Å². The predicted molar refractivity (Wildman–Crippen MR) is 127 cm³/mol. The molecule has 2 heterocycles. The highest BCUT2D eigenvalue weighted by atomic mass is 35.5. The van der Waals surface area contributed by atoms with Crippen molar-refractivity contribution in [1.82, 2.24) is 15.5 Å². The van der Waals surface area contributed by atoms with Crippen LogP contribution in [-0.4, -0.2) is 47.4 Å². The van der Waals surface area contributed by atoms with Crippen molar-refractivity contribution in [3.8, 4) is 0 Å². The Morgan fingerprint density at radius 3 is 2.91 bits per heavy atom. The number of benzene rings is 1. The van der Waals surface area contributed by atoms with E-state index in [1.807, 2.05) is 6.08 Å². The van der Waals surface area contributed by atoms with Gasteiger partial charge in [0.2, 0.25) is 0 Å². The molecule has 2 amide bonds. The molecule has 0 saturated carbocycles. The van der Waals surface area contributed by atoms with Gasteiger partial charge in [0.15, 0.2) is 5.78 Å². The lowest BCUT2D eigenvalue weighted by Gasteiger charge is -2.37. The molecule has 4 rings (SSSR count). The largest absolute Gasteiger partial charge is 0.478 e. The molecule has 0 saturated heterocycles. The van der Waals surface area contributed by atoms with E-state index >= 15 is 0 Å². The van der Waals surface area contributed by atoms with E-state index in [1.54, 1.807) is 43.7 Å². The van der Waals surface area contributed by atoms with Gasteiger partial charge in [0.1, 0.15) is 0 Å². The van der Waals surface area contributed by atoms with Crippen LogP contribution in [0, 0.1) is 0 Å². The van der Waals surface area contributed by atoms with E-state index < -0.39 is 12.0 Å². The van der Waals surface area contributed by atoms with Gasteiger partial charge in [0, 0.05) is 22.8 Å². The Balaban J connectivity index is 1.39. The Bertz CT molecular complexity index is 1150. The van der Waals surface area contributed by atoms with Gasteiger partial charge in [-0.15, -0.1) is 0 Å². The second-order valence-electron chi connectivity index (χ2n) is 8.35. The lowest BCUT2D eigenvalue weighted by Crippen LogP contribution is -2.49. The van der Waals surface area contributed by atoms with Crippen molar-refractivity contribution in [2.24, 2.45) is 0 Å². The maximum Gasteiger partial charge on any atom is 0.335 e. The summed E-state index contributed by atoms with van der Waals surface area (Å²) in [4.78, 5) is 39.0. The number of aliphatic carboxylic acids is 1. The molecule has 0 spiro atoms. The Hall–Kier alpha value is -3.36. The van der Waals surface area contributed by atoms with Crippen LogP contribution in [0.1, 0.15) is 37.8 Å². The van der Waals surface area contributed by atoms with Crippen LogP contribution in [0.3, 0.4) is 0 Å². The molecule has 1 aromatic rings. The molecule has 9 heteroatoms. The van der Waals surface area contributed by atoms with Gasteiger partial charge in [0.05, 0.1) is 30.7 Å². The zero-order valence-electron chi connectivity index (χ0n) is 18.8. The van der Waals surface area contributed by atoms with Gasteiger partial charge in [-0.3, -0.25) is 4.79 Å². The quantitative estimate of drug-likeness (QED) is 0.461. The minimum absolute atomic E-state index is 0.0455. The number of carboxylic acids is 1. The summed E-state index contributed by atoms with van der Waals surface area (Å²) in [5.41, 5.74) is 3.85. The normalized spacial score (nSPS) is 19.6. The molecule has 8 nitrogen and oxygen atoms in total. The van der Waals surface area contributed by atoms with Crippen LogP contribution in [0.15, 0.2) is 70.9 Å². The zero-order valence-corrected chi connectivity index (χ0v) is 19.5. The Morgan fingerprint density at radius 1 is 1.32 bits per heavy atom. The molecule has 1 aliphatic carbocycles. The summed E-state index contributed by atoms with van der Waals surface area (Å²) in [6.07, 6.45) is 7.13. The summed E-state index contributed by atoms with van der Waals surface area (Å²) in [6, 6.07) is 5.74. The molecule has 0 aromatic heterocycles. The maximum atomic E-state index is 12.8. The van der Waals surface area contributed by atoms with Crippen molar-refractivity contribution in [1.29, 1.82) is 0 Å². The minimum atomic E-state index is -1.10. The molecule has 0 radical (unpaired) electrons. The van der Waals surface area contributed by atoms with E-state index in [-0.39, 0.29) is 23.9 Å². The third-order valence-corrected chi connectivity index (χ3v) is 6.39. The number of Topliss-reactive ketones (excluding diaryl/α,β-unsaturated/α-hetero) is 1. The van der Waals surface area contributed by atoms with E-state index in [0.717, 1.165) is 23.1 Å². The first-order valence-corrected chi connectivity index (χ1v) is 11.5. The second kappa shape index (κ2) is 10.3. The summed E-state index contributed by atoms with van der Waals surface area (Å²) in [5.74, 6) is -1.05. The van der Waals surface area contributed by atoms with Crippen molar-refractivity contribution in [3.05, 3.63) is 81.4 Å². The van der Waals surface area contributed by atoms with Gasteiger partial charge in [-0.2, -0.15) is 0 Å². The third-order valence-electron chi connectivity index (χ3n) is 6.15. The highest BCUT2D eigenvalue weighted by molar-refractivity contribution is 6.30. The van der Waals surface area contributed by atoms with Crippen molar-refractivity contribution < 1.29 is 24.2 Å². The average molecular weight is 484 g/mol. The van der Waals surface area contributed by atoms with E-state index in [0.29, 0.717) is 42.2 Å². The standard InChI is InChI=1S/C25H26ClN3O5/c1-15-22(24(31)32)23(16-4-2-5-18(26)12-16)29(25(33)28-15)10-3-9-27-13-21(30)20-7-6-17-14-34-11-8-19(17)20/h2,4-5,8,11-12,14,23,27H,3,6-7,9-10,13H2,1H3,(H,28,33)(H,31,32). The number of urea groups is 1. The van der Waals surface area contributed by atoms with E-state index in [4.69, 9.17) is 16.3 Å². The second-order valence-corrected chi connectivity index (χ2v) is 8.79. The summed E-state index contributed by atoms with van der Waals surface area (Å²) in [7, 11) is 0. The van der Waals surface area contributed by atoms with Crippen molar-refractivity contribution >= 4 is 29.4 Å². The van der Waals surface area contributed by atoms with E-state index in [2.05, 4.69) is 10.6 Å². The summed E-state index contributed by atoms with van der Waals surface area (Å²) in [5, 5.41) is 16.1. The number of rotatable bonds is 9. The van der Waals surface area contributed by atoms with Crippen LogP contribution in [0.5, 0.6) is 0 Å². The molecule has 3 aliphatic rings. The van der Waals surface area contributed by atoms with Crippen LogP contribution in [0.25, 0.3) is 0 Å². The lowest BCUT2D eigenvalue weighted by molar-refractivity contribution is -0.133. The zero-order chi connectivity index (χ0) is 24.2. The molecular weight excluding hydrogens is 458 g/mol. The van der Waals surface area contributed by atoms with E-state index in [9.17, 15) is 19.5 Å². The van der Waals surface area contributed by atoms with Crippen molar-refractivity contribution in [2.75, 3.05) is 19.6 Å². The molecule has 3 N–H and O–H groups in total. The first-order valence-electron chi connectivity index (χ1n) is 11.1. The number of fused-ring (bicyclic) bond motifs is 1. The van der Waals surface area contributed by atoms with Crippen LogP contribution < -0.4 is 10.6 Å². The lowest BCUT2D eigenvalue weighted by atomic mass is 9.93. The number of carbonyl (C=O) groups is 3. The summed E-state index contributed by atoms with van der Waals surface area (Å²) < 4.78 is 5.18. The molecule has 1 aromatic carbocycles. The monoisotopic (exact) mass is 483 g/mol. The highest BCUT2D eigenvalue weighted by Crippen LogP contribution is 2.35. The van der Waals surface area contributed by atoms with Gasteiger partial charge in [-0.25, -0.2) is 9.59 Å². The number of halogens is 1. The Labute approximate surface area is 202 Å². The maximum absolute atomic E-state index is 12.8. The van der Waals surface area contributed by atoms with Crippen LogP contribution >= 0.6 is 11.6 Å². The Kier molecular flexibility index (Phi) is 7.19. The van der Waals surface area contributed by atoms with Gasteiger partial charge in [-0.1, -0.05) is 23.7 Å². The number of nitrogens with zero attached hydrogens (tertiary/aromatic N) is 1. The molecule has 1 atom stereocenters. The summed E-state index contributed by atoms with van der Waals surface area (Å²) in [6.45, 7) is 2.57. The molecule has 1 unspecified atom stereocenters. The van der Waals surface area contributed by atoms with Crippen molar-refractivity contribution in [3.63, 3.8) is 0 Å². The smallest absolute Gasteiger partial charge is 0.335 e. The number of ether oxygens (including phenoxy) is 1. The number of hydrogen-bond acceptors (Lipinski definition) is 5. The molecule has 2 aliphatic heterocycles. The first-order chi connectivity index (χ1) is 16.4. The van der Waals surface area contributed by atoms with Crippen molar-refractivity contribution in [2.45, 2.75) is 32.2 Å². The van der Waals surface area contributed by atoms with Crippen LogP contribution in [0.2, 0.25) is 5.02 Å². The number of allylic oxidation sites excluding steroid dienone is 4. The number of carboxylic acid groups (broad SMARTS) is 1. The number of hydrogen-bond donors (Lipinski definition) is 3. The fourth-order valence-electron chi connectivity index (χ4n) is 4.56. The molecular formula is C25H26ClN3O5. The topological polar surface area (TPSA) is 108 Å². The number of nitrogens with one attached hydrogen (secondary N) is 2.